The highest BCUT2D eigenvalue weighted by Crippen LogP contribution is 2.60. The van der Waals surface area contributed by atoms with Crippen LogP contribution in [0.2, 0.25) is 0 Å². The summed E-state index contributed by atoms with van der Waals surface area (Å²) in [6.45, 7) is 5.62. The van der Waals surface area contributed by atoms with E-state index in [1.54, 1.807) is 12.2 Å². The number of fused-ring (bicyclic) bond motifs is 1. The van der Waals surface area contributed by atoms with Gasteiger partial charge in [-0.15, -0.1) is 0 Å². The minimum atomic E-state index is -1.15. The highest BCUT2D eigenvalue weighted by atomic mass is 16.6. The van der Waals surface area contributed by atoms with Crippen molar-refractivity contribution in [3.05, 3.63) is 23.5 Å². The Morgan fingerprint density at radius 2 is 1.88 bits per heavy atom. The van der Waals surface area contributed by atoms with Gasteiger partial charge in [0.1, 0.15) is 17.3 Å². The molecule has 1 saturated carbocycles. The van der Waals surface area contributed by atoms with Crippen molar-refractivity contribution in [2.45, 2.75) is 63.4 Å². The van der Waals surface area contributed by atoms with Gasteiger partial charge >= 0.3 is 5.97 Å². The highest BCUT2D eigenvalue weighted by molar-refractivity contribution is 6.19. The van der Waals surface area contributed by atoms with Gasteiger partial charge in [0.05, 0.1) is 12.0 Å². The lowest BCUT2D eigenvalue weighted by atomic mass is 9.59. The number of hydrogen-bond acceptors (Lipinski definition) is 6. The van der Waals surface area contributed by atoms with Crippen LogP contribution in [0, 0.1) is 17.8 Å². The molecule has 25 heavy (non-hydrogen) atoms. The second kappa shape index (κ2) is 5.17. The summed E-state index contributed by atoms with van der Waals surface area (Å²) in [4.78, 5) is 25.2. The summed E-state index contributed by atoms with van der Waals surface area (Å²) in [6, 6.07) is 0. The van der Waals surface area contributed by atoms with Crippen LogP contribution in [0.4, 0.5) is 0 Å². The number of aliphatic hydroxyl groups excluding tert-OH is 2. The number of rotatable bonds is 0. The van der Waals surface area contributed by atoms with Gasteiger partial charge in [-0.1, -0.05) is 26.0 Å². The van der Waals surface area contributed by atoms with E-state index in [1.165, 1.54) is 0 Å². The Morgan fingerprint density at radius 3 is 2.60 bits per heavy atom. The number of aliphatic hydroxyl groups is 2. The van der Waals surface area contributed by atoms with Gasteiger partial charge in [0.2, 0.25) is 0 Å². The van der Waals surface area contributed by atoms with Crippen molar-refractivity contribution in [2.24, 2.45) is 17.8 Å². The molecule has 3 aliphatic heterocycles. The Kier molecular flexibility index (Phi) is 3.48. The lowest BCUT2D eigenvalue weighted by molar-refractivity contribution is -0.262. The van der Waals surface area contributed by atoms with Crippen LogP contribution in [0.5, 0.6) is 0 Å². The molecule has 0 amide bonds. The molecule has 7 atom stereocenters. The number of Topliss-reactive ketones (excluding diaryl/α,β-unsaturated/α-hetero) is 1. The molecule has 3 heterocycles. The second-order valence-corrected chi connectivity index (χ2v) is 8.16. The molecule has 6 nitrogen and oxygen atoms in total. The molecule has 5 aliphatic rings. The van der Waals surface area contributed by atoms with Crippen molar-refractivity contribution in [2.75, 3.05) is 0 Å². The van der Waals surface area contributed by atoms with Gasteiger partial charge < -0.3 is 19.7 Å². The van der Waals surface area contributed by atoms with Crippen molar-refractivity contribution in [3.8, 4) is 0 Å². The minimum Gasteiger partial charge on any atom is -0.484 e. The first kappa shape index (κ1) is 16.8. The van der Waals surface area contributed by atoms with E-state index in [0.29, 0.717) is 12.8 Å². The third-order valence-corrected chi connectivity index (χ3v) is 6.67. The molecule has 136 valence electrons. The van der Waals surface area contributed by atoms with E-state index in [9.17, 15) is 19.8 Å². The van der Waals surface area contributed by atoms with Crippen molar-refractivity contribution in [1.82, 2.24) is 0 Å². The average Bonchev–Trinajstić information content (AvgIpc) is 2.82. The average molecular weight is 348 g/mol. The Bertz CT molecular complexity index is 709. The standard InChI is InChI=1S/C19H24O6/c1-9-4-6-13(21)14-16-19(25-17(14)23)8-10(2)18(3,24-16)15(22)11(19)5-7-12(9)20/h5,7,9-12,15,20,22H,4,6,8H2,1-3H3/b7-5-/t9-,10+,11?,12-,15-,18-,19-/m1/s1. The summed E-state index contributed by atoms with van der Waals surface area (Å²) in [7, 11) is 0. The van der Waals surface area contributed by atoms with Gasteiger partial charge in [0.15, 0.2) is 17.1 Å². The van der Waals surface area contributed by atoms with Crippen LogP contribution in [0.3, 0.4) is 0 Å². The number of esters is 1. The summed E-state index contributed by atoms with van der Waals surface area (Å²) in [6.07, 6.45) is 2.87. The SMILES string of the molecule is C[C@@H]1CCC(=O)C2=C3O[C@@]4(C)[C@H](O)C(/C=C\[C@H]1O)[C@@]3(C[C@@H]4C)OC2=O. The molecule has 2 N–H and O–H groups in total. The first-order chi connectivity index (χ1) is 11.7. The van der Waals surface area contributed by atoms with Gasteiger partial charge in [-0.3, -0.25) is 4.79 Å². The monoisotopic (exact) mass is 348 g/mol. The van der Waals surface area contributed by atoms with E-state index < -0.39 is 35.3 Å². The van der Waals surface area contributed by atoms with Gasteiger partial charge in [-0.05, 0) is 19.3 Å². The van der Waals surface area contributed by atoms with Gasteiger partial charge in [-0.2, -0.15) is 0 Å². The van der Waals surface area contributed by atoms with Crippen LogP contribution in [0.1, 0.15) is 40.0 Å². The van der Waals surface area contributed by atoms with Gasteiger partial charge in [0.25, 0.3) is 0 Å². The van der Waals surface area contributed by atoms with Gasteiger partial charge in [0, 0.05) is 18.8 Å². The molecule has 0 aromatic heterocycles. The second-order valence-electron chi connectivity index (χ2n) is 8.16. The van der Waals surface area contributed by atoms with Crippen LogP contribution in [-0.4, -0.2) is 45.4 Å². The molecule has 0 aromatic rings. The maximum absolute atomic E-state index is 12.7. The quantitative estimate of drug-likeness (QED) is 0.389. The minimum absolute atomic E-state index is 0.00739. The molecule has 0 radical (unpaired) electrons. The molecule has 5 rings (SSSR count). The summed E-state index contributed by atoms with van der Waals surface area (Å²) in [5.41, 5.74) is -2.06. The Labute approximate surface area is 146 Å². The fourth-order valence-electron chi connectivity index (χ4n) is 4.71. The Balaban J connectivity index is 1.93. The van der Waals surface area contributed by atoms with E-state index in [0.717, 1.165) is 0 Å². The summed E-state index contributed by atoms with van der Waals surface area (Å²) < 4.78 is 11.8. The predicted octanol–water partition coefficient (Wildman–Crippen LogP) is 1.26. The van der Waals surface area contributed by atoms with Crippen LogP contribution in [0.25, 0.3) is 0 Å². The van der Waals surface area contributed by atoms with Crippen LogP contribution < -0.4 is 0 Å². The summed E-state index contributed by atoms with van der Waals surface area (Å²) in [5, 5.41) is 21.3. The molecular weight excluding hydrogens is 324 g/mol. The van der Waals surface area contributed by atoms with Crippen LogP contribution in [0.15, 0.2) is 23.5 Å². The number of hydrogen-bond donors (Lipinski definition) is 2. The van der Waals surface area contributed by atoms with Crippen molar-refractivity contribution in [3.63, 3.8) is 0 Å². The van der Waals surface area contributed by atoms with Crippen molar-refractivity contribution >= 4 is 11.8 Å². The normalized spacial score (nSPS) is 50.2. The zero-order valence-electron chi connectivity index (χ0n) is 14.7. The summed E-state index contributed by atoms with van der Waals surface area (Å²) >= 11 is 0. The van der Waals surface area contributed by atoms with E-state index in [1.807, 2.05) is 20.8 Å². The van der Waals surface area contributed by atoms with E-state index in [4.69, 9.17) is 9.47 Å². The Hall–Kier alpha value is -1.66. The zero-order valence-corrected chi connectivity index (χ0v) is 14.7. The number of carbonyl (C=O) groups is 2. The first-order valence-corrected chi connectivity index (χ1v) is 8.95. The van der Waals surface area contributed by atoms with Gasteiger partial charge in [-0.25, -0.2) is 4.79 Å². The third-order valence-electron chi connectivity index (χ3n) is 6.67. The number of ether oxygens (including phenoxy) is 2. The molecule has 1 spiro atoms. The molecule has 2 aliphatic carbocycles. The highest BCUT2D eigenvalue weighted by Gasteiger charge is 2.70. The maximum atomic E-state index is 12.7. The first-order valence-electron chi connectivity index (χ1n) is 8.95. The number of carbonyl (C=O) groups excluding carboxylic acids is 2. The molecule has 5 bridgehead atoms. The van der Waals surface area contributed by atoms with Crippen molar-refractivity contribution < 1.29 is 29.3 Å². The van der Waals surface area contributed by atoms with Crippen LogP contribution >= 0.6 is 0 Å². The molecule has 3 fully saturated rings. The Morgan fingerprint density at radius 1 is 1.16 bits per heavy atom. The van der Waals surface area contributed by atoms with Crippen molar-refractivity contribution in [1.29, 1.82) is 0 Å². The fraction of sp³-hybridized carbons (Fsp3) is 0.684. The zero-order chi connectivity index (χ0) is 18.1. The predicted molar refractivity (Wildman–Crippen MR) is 87.2 cm³/mol. The largest absolute Gasteiger partial charge is 0.484 e. The summed E-state index contributed by atoms with van der Waals surface area (Å²) in [5.74, 6) is -1.40. The topological polar surface area (TPSA) is 93.1 Å². The van der Waals surface area contributed by atoms with Crippen LogP contribution in [-0.2, 0) is 19.1 Å². The lowest BCUT2D eigenvalue weighted by Crippen LogP contribution is -2.69. The number of ketones is 1. The molecular formula is C19H24O6. The molecule has 2 saturated heterocycles. The van der Waals surface area contributed by atoms with E-state index in [-0.39, 0.29) is 35.4 Å². The van der Waals surface area contributed by atoms with E-state index in [2.05, 4.69) is 0 Å². The fourth-order valence-corrected chi connectivity index (χ4v) is 4.71. The lowest BCUT2D eigenvalue weighted by Gasteiger charge is -2.59. The third kappa shape index (κ3) is 2.04. The molecule has 0 aromatic carbocycles. The molecule has 1 unspecified atom stereocenters. The van der Waals surface area contributed by atoms with E-state index >= 15 is 0 Å². The molecule has 6 heteroatoms. The smallest absolute Gasteiger partial charge is 0.346 e. The maximum Gasteiger partial charge on any atom is 0.346 e.